The number of oxime groups is 1. The number of β-lactam (4-membered cyclic amide) rings is 1. The Balaban J connectivity index is 1.53. The smallest absolute Gasteiger partial charge is 0.352 e. The number of halogens is 1. The van der Waals surface area contributed by atoms with E-state index < -0.39 is 28.7 Å². The second kappa shape index (κ2) is 12.4. The Morgan fingerprint density at radius 3 is 2.85 bits per heavy atom. The third kappa shape index (κ3) is 6.12. The zero-order chi connectivity index (χ0) is 29.2. The van der Waals surface area contributed by atoms with Crippen LogP contribution in [-0.2, 0) is 24.0 Å². The Morgan fingerprint density at radius 1 is 1.45 bits per heavy atom. The Hall–Kier alpha value is -2.74. The standard InChI is InChI=1S/C21H25ClN8O7S3/c1-10-23-11(2)29(9-28(10)36)40-7-12-6-39-21(4-15(32)30(21)17(12)19(34)35)26-18(33)16(27-37-3)13-8-38-20(24-13)25-14(31)5-22/h8,11,28H,4-7,9H2,1-3H3,(H,26,33)(H,34,35)(H,24,25,31)/b27-16-/t11?,21-/m1/s1. The number of rotatable bonds is 10. The number of quaternary nitrogens is 1. The molecule has 3 atom stereocenters. The summed E-state index contributed by atoms with van der Waals surface area (Å²) in [6, 6.07) is 0. The van der Waals surface area contributed by atoms with Crippen LogP contribution in [-0.4, -0.2) is 96.9 Å². The number of thioether (sulfide) groups is 1. The lowest BCUT2D eigenvalue weighted by molar-refractivity contribution is -0.763. The third-order valence-electron chi connectivity index (χ3n) is 5.97. The lowest BCUT2D eigenvalue weighted by Crippen LogP contribution is -3.12. The van der Waals surface area contributed by atoms with E-state index in [1.54, 1.807) is 11.2 Å². The van der Waals surface area contributed by atoms with Gasteiger partial charge in [-0.15, -0.1) is 34.7 Å². The second-order valence-corrected chi connectivity index (χ2v) is 12.0. The average molecular weight is 633 g/mol. The van der Waals surface area contributed by atoms with E-state index in [0.717, 1.165) is 16.2 Å². The predicted molar refractivity (Wildman–Crippen MR) is 151 cm³/mol. The molecule has 3 amide bonds. The van der Waals surface area contributed by atoms with Crippen molar-refractivity contribution in [3.8, 4) is 0 Å². The molecule has 1 fully saturated rings. The summed E-state index contributed by atoms with van der Waals surface area (Å²) in [7, 11) is 1.24. The Bertz CT molecular complexity index is 1320. The van der Waals surface area contributed by atoms with Crippen molar-refractivity contribution < 1.29 is 34.2 Å². The molecule has 0 aliphatic carbocycles. The van der Waals surface area contributed by atoms with Crippen LogP contribution in [0.5, 0.6) is 0 Å². The maximum Gasteiger partial charge on any atom is 0.352 e. The summed E-state index contributed by atoms with van der Waals surface area (Å²) >= 11 is 9.00. The number of carboxylic acids is 1. The molecule has 1 aromatic heterocycles. The van der Waals surface area contributed by atoms with Crippen LogP contribution in [0.1, 0.15) is 26.0 Å². The van der Waals surface area contributed by atoms with Gasteiger partial charge in [-0.25, -0.2) is 14.8 Å². The fraction of sp³-hybridized carbons (Fsp3) is 0.476. The number of carboxylic acid groups (broad SMARTS) is 1. The largest absolute Gasteiger partial charge is 0.627 e. The van der Waals surface area contributed by atoms with Gasteiger partial charge in [0.1, 0.15) is 37.2 Å². The molecule has 0 radical (unpaired) electrons. The summed E-state index contributed by atoms with van der Waals surface area (Å²) < 4.78 is 1.76. The number of amidine groups is 1. The van der Waals surface area contributed by atoms with Gasteiger partial charge in [-0.05, 0) is 12.5 Å². The van der Waals surface area contributed by atoms with Crippen LogP contribution in [0.25, 0.3) is 0 Å². The van der Waals surface area contributed by atoms with Crippen LogP contribution in [0.3, 0.4) is 0 Å². The van der Waals surface area contributed by atoms with Crippen molar-refractivity contribution in [1.29, 1.82) is 0 Å². The van der Waals surface area contributed by atoms with Crippen LogP contribution >= 0.6 is 46.6 Å². The number of aromatic nitrogens is 1. The summed E-state index contributed by atoms with van der Waals surface area (Å²) in [6.07, 6.45) is -0.412. The number of fused-ring (bicyclic) bond motifs is 1. The van der Waals surface area contributed by atoms with Crippen molar-refractivity contribution in [3.63, 3.8) is 0 Å². The first kappa shape index (κ1) is 30.2. The minimum atomic E-state index is -1.36. The minimum absolute atomic E-state index is 0.0952. The molecule has 4 heterocycles. The first-order chi connectivity index (χ1) is 19.0. The first-order valence-corrected chi connectivity index (χ1v) is 15.0. The fourth-order valence-electron chi connectivity index (χ4n) is 4.06. The summed E-state index contributed by atoms with van der Waals surface area (Å²) in [5.74, 6) is -2.45. The van der Waals surface area contributed by atoms with Gasteiger partial charge in [-0.3, -0.25) is 19.3 Å². The van der Waals surface area contributed by atoms with Gasteiger partial charge in [0.05, 0.1) is 6.42 Å². The number of alkyl halides is 1. The molecule has 4 N–H and O–H groups in total. The lowest BCUT2D eigenvalue weighted by Gasteiger charge is -2.54. The van der Waals surface area contributed by atoms with E-state index in [1.807, 2.05) is 6.92 Å². The topological polar surface area (TPSA) is 193 Å². The molecule has 0 spiro atoms. The molecular weight excluding hydrogens is 608 g/mol. The van der Waals surface area contributed by atoms with Crippen LogP contribution in [0.15, 0.2) is 26.8 Å². The summed E-state index contributed by atoms with van der Waals surface area (Å²) in [4.78, 5) is 63.0. The number of hydrogen-bond acceptors (Lipinski definition) is 13. The van der Waals surface area contributed by atoms with Crippen LogP contribution in [0.2, 0.25) is 0 Å². The molecular formula is C21H25ClN8O7S3. The van der Waals surface area contributed by atoms with Gasteiger partial charge in [-0.2, -0.15) is 4.31 Å². The molecule has 0 bridgehead atoms. The lowest BCUT2D eigenvalue weighted by atomic mass is 10.0. The van der Waals surface area contributed by atoms with Crippen LogP contribution in [0, 0.1) is 5.21 Å². The minimum Gasteiger partial charge on any atom is -0.627 e. The molecule has 1 saturated heterocycles. The van der Waals surface area contributed by atoms with Crippen molar-refractivity contribution in [2.75, 3.05) is 36.5 Å². The van der Waals surface area contributed by atoms with Crippen LogP contribution < -0.4 is 15.7 Å². The molecule has 0 saturated carbocycles. The zero-order valence-electron chi connectivity index (χ0n) is 21.4. The highest BCUT2D eigenvalue weighted by molar-refractivity contribution is 8.01. The normalized spacial score (nSPS) is 25.1. The second-order valence-electron chi connectivity index (χ2n) is 8.65. The van der Waals surface area contributed by atoms with E-state index >= 15 is 0 Å². The number of aliphatic carboxylic acids is 1. The first-order valence-electron chi connectivity index (χ1n) is 11.6. The van der Waals surface area contributed by atoms with Crippen molar-refractivity contribution in [2.45, 2.75) is 31.4 Å². The van der Waals surface area contributed by atoms with Crippen molar-refractivity contribution in [3.05, 3.63) is 27.6 Å². The van der Waals surface area contributed by atoms with Gasteiger partial charge in [0, 0.05) is 23.8 Å². The monoisotopic (exact) mass is 632 g/mol. The number of nitrogens with zero attached hydrogens (tertiary/aromatic N) is 5. The summed E-state index contributed by atoms with van der Waals surface area (Å²) in [6.45, 7) is 3.63. The van der Waals surface area contributed by atoms with E-state index in [9.17, 15) is 29.5 Å². The third-order valence-corrected chi connectivity index (χ3v) is 9.62. The Kier molecular flexibility index (Phi) is 9.38. The van der Waals surface area contributed by atoms with Gasteiger partial charge >= 0.3 is 5.97 Å². The van der Waals surface area contributed by atoms with E-state index in [-0.39, 0.29) is 63.9 Å². The maximum absolute atomic E-state index is 13.3. The molecule has 40 heavy (non-hydrogen) atoms. The quantitative estimate of drug-likeness (QED) is 0.0668. The van der Waals surface area contributed by atoms with Gasteiger partial charge in [0.15, 0.2) is 21.7 Å². The predicted octanol–water partition coefficient (Wildman–Crippen LogP) is -0.173. The number of anilines is 1. The molecule has 3 aliphatic rings. The number of thiazole rings is 1. The highest BCUT2D eigenvalue weighted by Gasteiger charge is 2.58. The molecule has 2 unspecified atom stereocenters. The highest BCUT2D eigenvalue weighted by atomic mass is 35.5. The Morgan fingerprint density at radius 2 is 2.20 bits per heavy atom. The van der Waals surface area contributed by atoms with E-state index in [0.29, 0.717) is 11.4 Å². The molecule has 19 heteroatoms. The van der Waals surface area contributed by atoms with Gasteiger partial charge in [0.2, 0.25) is 11.8 Å². The Labute approximate surface area is 245 Å². The SMILES string of the molecule is CO/N=C(\C(=O)N[C@]12CC(=O)N1C(C(=O)O)=C(CSN1C[NH+]([O-])C(C)=NC1C)CS2)c1csc(NC(=O)CCl)n1. The van der Waals surface area contributed by atoms with Gasteiger partial charge < -0.3 is 30.8 Å². The number of carbonyl (C=O) groups is 4. The number of hydrogen-bond donors (Lipinski definition) is 4. The number of carbonyl (C=O) groups excluding carboxylic acids is 3. The molecule has 15 nitrogen and oxygen atoms in total. The number of aliphatic imine (C=N–C) groups is 1. The molecule has 3 aliphatic heterocycles. The molecule has 4 rings (SSSR count). The number of nitrogens with one attached hydrogen (secondary N) is 3. The number of hydroxylamine groups is 2. The van der Waals surface area contributed by atoms with Crippen molar-refractivity contribution >= 4 is 87.0 Å². The summed E-state index contributed by atoms with van der Waals surface area (Å²) in [5.41, 5.74) is 0.110. The number of amides is 3. The van der Waals surface area contributed by atoms with Crippen molar-refractivity contribution in [2.24, 2.45) is 10.1 Å². The maximum atomic E-state index is 13.3. The zero-order valence-corrected chi connectivity index (χ0v) is 24.6. The van der Waals surface area contributed by atoms with E-state index in [2.05, 4.69) is 25.8 Å². The molecule has 0 aromatic carbocycles. The van der Waals surface area contributed by atoms with Crippen molar-refractivity contribution in [1.82, 2.24) is 19.5 Å². The summed E-state index contributed by atoms with van der Waals surface area (Å²) in [5, 5.41) is 32.7. The van der Waals surface area contributed by atoms with Gasteiger partial charge in [0.25, 0.3) is 5.91 Å². The van der Waals surface area contributed by atoms with E-state index in [4.69, 9.17) is 16.4 Å². The molecule has 1 aromatic rings. The fourth-order valence-corrected chi connectivity index (χ4v) is 7.37. The van der Waals surface area contributed by atoms with Gasteiger partial charge in [-0.1, -0.05) is 17.1 Å². The molecule has 216 valence electrons. The highest BCUT2D eigenvalue weighted by Crippen LogP contribution is 2.48. The van der Waals surface area contributed by atoms with Crippen LogP contribution in [0.4, 0.5) is 5.13 Å². The average Bonchev–Trinajstić information content (AvgIpc) is 3.35. The van der Waals surface area contributed by atoms with E-state index in [1.165, 1.54) is 36.2 Å².